The van der Waals surface area contributed by atoms with Gasteiger partial charge in [-0.05, 0) is 66.5 Å². The molecular formula is C48H30N6Pt2. The minimum Gasteiger partial charge on any atom is -0.442 e. The van der Waals surface area contributed by atoms with Gasteiger partial charge in [-0.2, -0.15) is 0 Å². The Morgan fingerprint density at radius 3 is 1.20 bits per heavy atom. The zero-order valence-electron chi connectivity index (χ0n) is 29.6. The van der Waals surface area contributed by atoms with E-state index in [1.807, 2.05) is 97.3 Å². The number of nitrogens with zero attached hydrogens (tertiary/aromatic N) is 6. The number of hydrogen-bond acceptors (Lipinski definition) is 4. The van der Waals surface area contributed by atoms with Crippen LogP contribution in [0.1, 0.15) is 0 Å². The van der Waals surface area contributed by atoms with E-state index in [9.17, 15) is 0 Å². The molecule has 12 aromatic rings. The van der Waals surface area contributed by atoms with E-state index >= 15 is 0 Å². The molecule has 0 spiro atoms. The molecule has 0 aliphatic heterocycles. The normalized spacial score (nSPS) is 10.6. The van der Waals surface area contributed by atoms with Crippen LogP contribution in [0.2, 0.25) is 0 Å². The molecule has 0 N–H and O–H groups in total. The average molecular weight is 1080 g/mol. The fraction of sp³-hybridized carbons (Fsp3) is 0. The van der Waals surface area contributed by atoms with E-state index in [0.29, 0.717) is 0 Å². The third kappa shape index (κ3) is 7.86. The van der Waals surface area contributed by atoms with Crippen LogP contribution in [-0.4, -0.2) is 19.9 Å². The fourth-order valence-corrected chi connectivity index (χ4v) is 6.69. The SMILES string of the molecule is [Pt+2].[Pt+2].[c-]1cccc2ccc3cccnc3c12.[c-]1cccc2ccc3cccnc3c12.c1ccc2c(c1)[n-]c1ncccc12.c1ccc2c(c1)[n-]c1ncccc12. The number of aromatic nitrogens is 6. The summed E-state index contributed by atoms with van der Waals surface area (Å²) in [6.45, 7) is 0. The van der Waals surface area contributed by atoms with Crippen molar-refractivity contribution in [3.05, 3.63) is 195 Å². The topological polar surface area (TPSA) is 79.8 Å². The quantitative estimate of drug-likeness (QED) is 0.111. The predicted molar refractivity (Wildman–Crippen MR) is 221 cm³/mol. The molecule has 6 heterocycles. The Kier molecular flexibility index (Phi) is 12.0. The van der Waals surface area contributed by atoms with Gasteiger partial charge in [-0.15, -0.1) is 70.1 Å². The van der Waals surface area contributed by atoms with E-state index in [0.717, 1.165) is 54.9 Å². The summed E-state index contributed by atoms with van der Waals surface area (Å²) in [6, 6.07) is 59.1. The van der Waals surface area contributed by atoms with Crippen molar-refractivity contribution < 1.29 is 42.1 Å². The van der Waals surface area contributed by atoms with Crippen LogP contribution in [-0.2, 0) is 42.1 Å². The van der Waals surface area contributed by atoms with E-state index < -0.39 is 0 Å². The molecule has 272 valence electrons. The molecule has 0 fully saturated rings. The van der Waals surface area contributed by atoms with E-state index in [2.05, 4.69) is 115 Å². The van der Waals surface area contributed by atoms with Crippen molar-refractivity contribution in [2.45, 2.75) is 0 Å². The number of rotatable bonds is 0. The minimum atomic E-state index is 0. The van der Waals surface area contributed by atoms with E-state index in [1.54, 1.807) is 12.4 Å². The Morgan fingerprint density at radius 1 is 0.339 bits per heavy atom. The summed E-state index contributed by atoms with van der Waals surface area (Å²) in [5.41, 5.74) is 5.79. The molecule has 6 aromatic carbocycles. The second kappa shape index (κ2) is 17.6. The van der Waals surface area contributed by atoms with Gasteiger partial charge in [0.2, 0.25) is 0 Å². The van der Waals surface area contributed by atoms with Crippen molar-refractivity contribution in [2.24, 2.45) is 0 Å². The summed E-state index contributed by atoms with van der Waals surface area (Å²) in [6.07, 6.45) is 7.19. The second-order valence-corrected chi connectivity index (χ2v) is 12.6. The van der Waals surface area contributed by atoms with Crippen molar-refractivity contribution >= 4 is 87.2 Å². The molecule has 6 aromatic heterocycles. The first-order valence-corrected chi connectivity index (χ1v) is 17.6. The van der Waals surface area contributed by atoms with E-state index in [1.165, 1.54) is 32.3 Å². The summed E-state index contributed by atoms with van der Waals surface area (Å²) < 4.78 is 0. The van der Waals surface area contributed by atoms with Crippen molar-refractivity contribution in [3.8, 4) is 0 Å². The van der Waals surface area contributed by atoms with Gasteiger partial charge < -0.3 is 29.9 Å². The molecule has 0 aliphatic rings. The standard InChI is InChI=1S/2C13H8N.2C11H7N2.2Pt/c2*1-2-6-12-10(4-1)7-8-11-5-3-9-14-13(11)12;2*1-2-6-10-8(4-1)9-5-3-7-12-11(9)13-10;;/h2*1-5,7-9H;2*1-7H;;/q4*-1;2*+2. The van der Waals surface area contributed by atoms with Crippen LogP contribution in [0.15, 0.2) is 183 Å². The van der Waals surface area contributed by atoms with Gasteiger partial charge in [-0.3, -0.25) is 0 Å². The van der Waals surface area contributed by atoms with Crippen LogP contribution in [0, 0.1) is 12.1 Å². The van der Waals surface area contributed by atoms with Gasteiger partial charge in [0.25, 0.3) is 0 Å². The smallest absolute Gasteiger partial charge is 0.442 e. The van der Waals surface area contributed by atoms with Crippen molar-refractivity contribution in [1.29, 1.82) is 0 Å². The van der Waals surface area contributed by atoms with E-state index in [-0.39, 0.29) is 42.1 Å². The zero-order chi connectivity index (χ0) is 36.1. The zero-order valence-corrected chi connectivity index (χ0v) is 34.2. The molecule has 6 nitrogen and oxygen atoms in total. The molecule has 0 saturated carbocycles. The van der Waals surface area contributed by atoms with Crippen molar-refractivity contribution in [2.75, 3.05) is 0 Å². The fourth-order valence-electron chi connectivity index (χ4n) is 6.69. The first-order chi connectivity index (χ1) is 26.8. The van der Waals surface area contributed by atoms with Crippen molar-refractivity contribution in [3.63, 3.8) is 0 Å². The summed E-state index contributed by atoms with van der Waals surface area (Å²) in [4.78, 5) is 26.0. The molecule has 56 heavy (non-hydrogen) atoms. The molecule has 0 bridgehead atoms. The first-order valence-electron chi connectivity index (χ1n) is 17.6. The second-order valence-electron chi connectivity index (χ2n) is 12.6. The van der Waals surface area contributed by atoms with Gasteiger partial charge in [0, 0.05) is 12.4 Å². The van der Waals surface area contributed by atoms with Gasteiger partial charge in [0.05, 0.1) is 0 Å². The van der Waals surface area contributed by atoms with Crippen LogP contribution >= 0.6 is 0 Å². The third-order valence-electron chi connectivity index (χ3n) is 9.23. The van der Waals surface area contributed by atoms with Crippen LogP contribution in [0.5, 0.6) is 0 Å². The van der Waals surface area contributed by atoms with Gasteiger partial charge in [-0.25, -0.2) is 0 Å². The van der Waals surface area contributed by atoms with E-state index in [4.69, 9.17) is 0 Å². The predicted octanol–water partition coefficient (Wildman–Crippen LogP) is 11.1. The largest absolute Gasteiger partial charge is 2.00 e. The number of hydrogen-bond donors (Lipinski definition) is 0. The number of fused-ring (bicyclic) bond motifs is 12. The summed E-state index contributed by atoms with van der Waals surface area (Å²) >= 11 is 0. The van der Waals surface area contributed by atoms with Gasteiger partial charge in [-0.1, -0.05) is 133 Å². The molecule has 0 atom stereocenters. The van der Waals surface area contributed by atoms with Crippen molar-refractivity contribution in [1.82, 2.24) is 29.9 Å². The monoisotopic (exact) mass is 1080 g/mol. The maximum absolute atomic E-state index is 4.40. The van der Waals surface area contributed by atoms with Crippen LogP contribution in [0.4, 0.5) is 0 Å². The average Bonchev–Trinajstić information content (AvgIpc) is 3.83. The van der Waals surface area contributed by atoms with Crippen LogP contribution in [0.25, 0.3) is 87.2 Å². The molecule has 0 unspecified atom stereocenters. The molecule has 12 rings (SSSR count). The summed E-state index contributed by atoms with van der Waals surface area (Å²) in [5, 5.41) is 11.6. The number of pyridine rings is 4. The first kappa shape index (κ1) is 38.2. The Labute approximate surface area is 351 Å². The molecule has 0 saturated heterocycles. The number of para-hydroxylation sites is 2. The van der Waals surface area contributed by atoms with Crippen LogP contribution < -0.4 is 9.97 Å². The van der Waals surface area contributed by atoms with Crippen LogP contribution in [0.3, 0.4) is 0 Å². The molecular weight excluding hydrogens is 1050 g/mol. The molecule has 0 aliphatic carbocycles. The third-order valence-corrected chi connectivity index (χ3v) is 9.23. The Bertz CT molecular complexity index is 2780. The Morgan fingerprint density at radius 2 is 0.714 bits per heavy atom. The minimum absolute atomic E-state index is 0. The van der Waals surface area contributed by atoms with Gasteiger partial charge in [0.15, 0.2) is 0 Å². The molecule has 0 radical (unpaired) electrons. The summed E-state index contributed by atoms with van der Waals surface area (Å²) in [5.74, 6) is 0. The van der Waals surface area contributed by atoms with Gasteiger partial charge >= 0.3 is 42.1 Å². The summed E-state index contributed by atoms with van der Waals surface area (Å²) in [7, 11) is 0. The maximum atomic E-state index is 4.40. The van der Waals surface area contributed by atoms with Gasteiger partial charge in [0.1, 0.15) is 0 Å². The Balaban J connectivity index is 0.000000113. The molecule has 0 amide bonds. The maximum Gasteiger partial charge on any atom is 2.00 e. The molecule has 8 heteroatoms. The number of benzene rings is 6. The Hall–Kier alpha value is -6.06.